The molecular weight excluding hydrogens is 224 g/mol. The molecule has 5 aliphatic rings. The van der Waals surface area contributed by atoms with Gasteiger partial charge in [-0.25, -0.2) is 0 Å². The second-order valence-corrected chi connectivity index (χ2v) is 6.68. The lowest BCUT2D eigenvalue weighted by molar-refractivity contribution is -0.0300. The molecule has 4 nitrogen and oxygen atoms in total. The van der Waals surface area contributed by atoms with Crippen molar-refractivity contribution < 1.29 is 0 Å². The number of nitrogens with zero attached hydrogens (tertiary/aromatic N) is 1. The Hall–Kier alpha value is -0.420. The predicted octanol–water partition coefficient (Wildman–Crippen LogP) is -0.504. The quantitative estimate of drug-likeness (QED) is 0.504. The lowest BCUT2D eigenvalue weighted by Gasteiger charge is -2.58. The summed E-state index contributed by atoms with van der Waals surface area (Å²) >= 11 is 0. The van der Waals surface area contributed by atoms with E-state index < -0.39 is 0 Å². The fourth-order valence-corrected chi connectivity index (χ4v) is 5.42. The first-order valence-electron chi connectivity index (χ1n) is 7.55. The third-order valence-electron chi connectivity index (χ3n) is 6.09. The van der Waals surface area contributed by atoms with Crippen LogP contribution in [0, 0.1) is 11.8 Å². The van der Waals surface area contributed by atoms with Crippen molar-refractivity contribution in [2.75, 3.05) is 26.3 Å². The Labute approximate surface area is 108 Å². The number of hydrogen-bond acceptors (Lipinski definition) is 4. The van der Waals surface area contributed by atoms with E-state index in [0.717, 1.165) is 49.2 Å². The zero-order valence-corrected chi connectivity index (χ0v) is 10.7. The summed E-state index contributed by atoms with van der Waals surface area (Å²) in [4.78, 5) is 2.76. The first-order chi connectivity index (χ1) is 8.92. The van der Waals surface area contributed by atoms with Gasteiger partial charge in [-0.05, 0) is 12.8 Å². The van der Waals surface area contributed by atoms with E-state index in [-0.39, 0.29) is 0 Å². The number of piperidine rings is 1. The van der Waals surface area contributed by atoms with E-state index in [1.807, 2.05) is 0 Å². The topological polar surface area (TPSA) is 39.3 Å². The Morgan fingerprint density at radius 3 is 3.06 bits per heavy atom. The van der Waals surface area contributed by atoms with E-state index in [1.165, 1.54) is 25.9 Å². The number of nitrogens with one attached hydrogen (secondary N) is 3. The van der Waals surface area contributed by atoms with Crippen LogP contribution in [0.2, 0.25) is 0 Å². The maximum atomic E-state index is 3.77. The van der Waals surface area contributed by atoms with Crippen LogP contribution in [-0.4, -0.2) is 55.4 Å². The van der Waals surface area contributed by atoms with Crippen molar-refractivity contribution in [3.05, 3.63) is 11.6 Å². The molecule has 0 bridgehead atoms. The predicted molar refractivity (Wildman–Crippen MR) is 70.2 cm³/mol. The SMILES string of the molecule is C1=C2CNC3CC4NCNC5CCN(C1)C(C23)C54. The van der Waals surface area contributed by atoms with Crippen molar-refractivity contribution in [1.29, 1.82) is 0 Å². The minimum absolute atomic E-state index is 0.731. The lowest BCUT2D eigenvalue weighted by Crippen LogP contribution is -2.72. The second kappa shape index (κ2) is 3.57. The van der Waals surface area contributed by atoms with E-state index in [2.05, 4.69) is 26.9 Å². The van der Waals surface area contributed by atoms with Crippen LogP contribution in [0.5, 0.6) is 0 Å². The second-order valence-electron chi connectivity index (χ2n) is 6.68. The average Bonchev–Trinajstić information content (AvgIpc) is 2.83. The average molecular weight is 246 g/mol. The molecular formula is C14H22N4. The molecule has 6 unspecified atom stereocenters. The molecule has 0 aromatic rings. The summed E-state index contributed by atoms with van der Waals surface area (Å²) in [6.07, 6.45) is 5.18. The van der Waals surface area contributed by atoms with Crippen LogP contribution in [-0.2, 0) is 0 Å². The molecule has 0 radical (unpaired) electrons. The van der Waals surface area contributed by atoms with Crippen LogP contribution in [0.3, 0.4) is 0 Å². The van der Waals surface area contributed by atoms with Crippen molar-refractivity contribution >= 4 is 0 Å². The largest absolute Gasteiger partial charge is 0.310 e. The molecule has 0 aromatic carbocycles. The molecule has 3 saturated heterocycles. The summed E-state index contributed by atoms with van der Waals surface area (Å²) in [5.41, 5.74) is 1.71. The van der Waals surface area contributed by atoms with E-state index >= 15 is 0 Å². The van der Waals surface area contributed by atoms with E-state index in [9.17, 15) is 0 Å². The number of hydrogen-bond donors (Lipinski definition) is 3. The van der Waals surface area contributed by atoms with Gasteiger partial charge in [-0.2, -0.15) is 0 Å². The van der Waals surface area contributed by atoms with Crippen molar-refractivity contribution in [2.24, 2.45) is 11.8 Å². The monoisotopic (exact) mass is 246 g/mol. The Morgan fingerprint density at radius 1 is 1.11 bits per heavy atom. The molecule has 1 aliphatic carbocycles. The van der Waals surface area contributed by atoms with Crippen molar-refractivity contribution in [1.82, 2.24) is 20.9 Å². The Bertz CT molecular complexity index is 407. The molecule has 18 heavy (non-hydrogen) atoms. The van der Waals surface area contributed by atoms with Gasteiger partial charge in [0.25, 0.3) is 0 Å². The van der Waals surface area contributed by atoms with Crippen molar-refractivity contribution in [3.8, 4) is 0 Å². The number of rotatable bonds is 0. The van der Waals surface area contributed by atoms with Crippen LogP contribution in [0.1, 0.15) is 12.8 Å². The van der Waals surface area contributed by atoms with Gasteiger partial charge in [-0.3, -0.25) is 4.90 Å². The molecule has 5 rings (SSSR count). The third kappa shape index (κ3) is 1.20. The molecule has 0 amide bonds. The van der Waals surface area contributed by atoms with Gasteiger partial charge in [0.15, 0.2) is 0 Å². The summed E-state index contributed by atoms with van der Waals surface area (Å²) in [6, 6.07) is 3.02. The summed E-state index contributed by atoms with van der Waals surface area (Å²) in [5.74, 6) is 1.64. The van der Waals surface area contributed by atoms with Gasteiger partial charge in [0.05, 0.1) is 0 Å². The van der Waals surface area contributed by atoms with Gasteiger partial charge in [0.1, 0.15) is 0 Å². The standard InChI is InChI=1S/C14H22N4/c1-3-18-4-2-9-13-11(17-7-16-9)5-10-12(14(13)18)8(1)6-15-10/h1,9-17H,2-7H2. The molecule has 4 heterocycles. The highest BCUT2D eigenvalue weighted by molar-refractivity contribution is 5.29. The normalized spacial score (nSPS) is 53.9. The molecule has 98 valence electrons. The molecule has 3 N–H and O–H groups in total. The summed E-state index contributed by atoms with van der Waals surface area (Å²) < 4.78 is 0. The molecule has 4 aliphatic heterocycles. The third-order valence-corrected chi connectivity index (χ3v) is 6.09. The maximum absolute atomic E-state index is 3.77. The highest BCUT2D eigenvalue weighted by Gasteiger charge is 2.56. The first kappa shape index (κ1) is 10.4. The Kier molecular flexibility index (Phi) is 2.06. The van der Waals surface area contributed by atoms with Crippen LogP contribution in [0.4, 0.5) is 0 Å². The molecule has 0 spiro atoms. The molecule has 4 heteroatoms. The van der Waals surface area contributed by atoms with Crippen LogP contribution >= 0.6 is 0 Å². The molecule has 1 saturated carbocycles. The van der Waals surface area contributed by atoms with Gasteiger partial charge in [0, 0.05) is 62.3 Å². The fourth-order valence-electron chi connectivity index (χ4n) is 5.42. The highest BCUT2D eigenvalue weighted by atomic mass is 15.3. The molecule has 0 aromatic heterocycles. The minimum atomic E-state index is 0.731. The smallest absolute Gasteiger partial charge is 0.0458 e. The van der Waals surface area contributed by atoms with Gasteiger partial charge in [0.2, 0.25) is 0 Å². The van der Waals surface area contributed by atoms with Gasteiger partial charge < -0.3 is 16.0 Å². The van der Waals surface area contributed by atoms with Crippen LogP contribution in [0.25, 0.3) is 0 Å². The zero-order chi connectivity index (χ0) is 11.7. The van der Waals surface area contributed by atoms with E-state index in [1.54, 1.807) is 5.57 Å². The van der Waals surface area contributed by atoms with Gasteiger partial charge in [-0.1, -0.05) is 11.6 Å². The van der Waals surface area contributed by atoms with Crippen molar-refractivity contribution in [3.63, 3.8) is 0 Å². The summed E-state index contributed by atoms with van der Waals surface area (Å²) in [7, 11) is 0. The summed E-state index contributed by atoms with van der Waals surface area (Å²) in [5, 5.41) is 11.2. The van der Waals surface area contributed by atoms with Crippen molar-refractivity contribution in [2.45, 2.75) is 37.0 Å². The first-order valence-corrected chi connectivity index (χ1v) is 7.55. The molecule has 6 atom stereocenters. The molecule has 4 fully saturated rings. The van der Waals surface area contributed by atoms with Gasteiger partial charge >= 0.3 is 0 Å². The Morgan fingerprint density at radius 2 is 2.06 bits per heavy atom. The minimum Gasteiger partial charge on any atom is -0.310 e. The fraction of sp³-hybridized carbons (Fsp3) is 0.857. The zero-order valence-electron chi connectivity index (χ0n) is 10.7. The maximum Gasteiger partial charge on any atom is 0.0458 e. The highest BCUT2D eigenvalue weighted by Crippen LogP contribution is 2.46. The van der Waals surface area contributed by atoms with E-state index in [0.29, 0.717) is 0 Å². The lowest BCUT2D eigenvalue weighted by atomic mass is 9.63. The van der Waals surface area contributed by atoms with E-state index in [4.69, 9.17) is 0 Å². The van der Waals surface area contributed by atoms with Crippen LogP contribution in [0.15, 0.2) is 11.6 Å². The van der Waals surface area contributed by atoms with Crippen LogP contribution < -0.4 is 16.0 Å². The van der Waals surface area contributed by atoms with Gasteiger partial charge in [-0.15, -0.1) is 0 Å². The Balaban J connectivity index is 1.61. The summed E-state index contributed by atoms with van der Waals surface area (Å²) in [6.45, 7) is 4.65.